The number of rotatable bonds is 10. The van der Waals surface area contributed by atoms with Crippen LogP contribution in [0.15, 0.2) is 0 Å². The lowest BCUT2D eigenvalue weighted by Crippen LogP contribution is -2.26. The van der Waals surface area contributed by atoms with Gasteiger partial charge in [-0.2, -0.15) is 0 Å². The fourth-order valence-corrected chi connectivity index (χ4v) is 3.40. The SMILES string of the molecule is CCN(CCOC)c1nc(C(C)C)c(CNCC(C)C)s1. The molecule has 0 atom stereocenters. The van der Waals surface area contributed by atoms with Gasteiger partial charge in [0.15, 0.2) is 5.13 Å². The highest BCUT2D eigenvalue weighted by Gasteiger charge is 2.17. The molecule has 0 radical (unpaired) electrons. The van der Waals surface area contributed by atoms with Gasteiger partial charge in [0.05, 0.1) is 12.3 Å². The standard InChI is InChI=1S/C16H31N3OS/c1-7-19(8-9-20-6)16-18-15(13(4)5)14(21-16)11-17-10-12(2)3/h12-13,17H,7-11H2,1-6H3. The van der Waals surface area contributed by atoms with E-state index in [2.05, 4.69) is 44.8 Å². The topological polar surface area (TPSA) is 37.4 Å². The molecule has 0 saturated heterocycles. The number of nitrogens with one attached hydrogen (secondary N) is 1. The van der Waals surface area contributed by atoms with Crippen molar-refractivity contribution < 1.29 is 4.74 Å². The molecule has 0 saturated carbocycles. The molecule has 0 spiro atoms. The van der Waals surface area contributed by atoms with Crippen molar-refractivity contribution in [2.45, 2.75) is 47.1 Å². The smallest absolute Gasteiger partial charge is 0.185 e. The van der Waals surface area contributed by atoms with Crippen LogP contribution >= 0.6 is 11.3 Å². The molecule has 0 aliphatic heterocycles. The number of methoxy groups -OCH3 is 1. The zero-order chi connectivity index (χ0) is 15.8. The molecule has 21 heavy (non-hydrogen) atoms. The first-order chi connectivity index (χ1) is 9.99. The van der Waals surface area contributed by atoms with Gasteiger partial charge in [0.2, 0.25) is 0 Å². The zero-order valence-corrected chi connectivity index (χ0v) is 15.2. The van der Waals surface area contributed by atoms with Crippen LogP contribution in [-0.2, 0) is 11.3 Å². The van der Waals surface area contributed by atoms with Gasteiger partial charge < -0.3 is 15.0 Å². The Hall–Kier alpha value is -0.650. The van der Waals surface area contributed by atoms with E-state index in [4.69, 9.17) is 9.72 Å². The Kier molecular flexibility index (Phi) is 8.22. The third kappa shape index (κ3) is 5.93. The minimum absolute atomic E-state index is 0.465. The van der Waals surface area contributed by atoms with E-state index < -0.39 is 0 Å². The molecule has 1 heterocycles. The van der Waals surface area contributed by atoms with Crippen molar-refractivity contribution in [3.05, 3.63) is 10.6 Å². The molecular weight excluding hydrogens is 282 g/mol. The van der Waals surface area contributed by atoms with Crippen LogP contribution in [0.4, 0.5) is 5.13 Å². The van der Waals surface area contributed by atoms with Gasteiger partial charge in [-0.05, 0) is 25.3 Å². The summed E-state index contributed by atoms with van der Waals surface area (Å²) in [5.41, 5.74) is 1.24. The predicted molar refractivity (Wildman–Crippen MR) is 92.5 cm³/mol. The van der Waals surface area contributed by atoms with Crippen LogP contribution in [0.5, 0.6) is 0 Å². The fraction of sp³-hybridized carbons (Fsp3) is 0.812. The fourth-order valence-electron chi connectivity index (χ4n) is 2.13. The minimum Gasteiger partial charge on any atom is -0.383 e. The van der Waals surface area contributed by atoms with Gasteiger partial charge in [-0.15, -0.1) is 11.3 Å². The molecule has 0 aliphatic carbocycles. The summed E-state index contributed by atoms with van der Waals surface area (Å²) >= 11 is 1.82. The Morgan fingerprint density at radius 1 is 1.29 bits per heavy atom. The number of nitrogens with zero attached hydrogens (tertiary/aromatic N) is 2. The molecule has 0 amide bonds. The molecule has 1 aromatic heterocycles. The summed E-state index contributed by atoms with van der Waals surface area (Å²) in [6.45, 7) is 15.7. The second kappa shape index (κ2) is 9.38. The molecule has 0 unspecified atom stereocenters. The van der Waals surface area contributed by atoms with Crippen molar-refractivity contribution in [3.63, 3.8) is 0 Å². The molecule has 1 N–H and O–H groups in total. The summed E-state index contributed by atoms with van der Waals surface area (Å²) in [4.78, 5) is 8.55. The lowest BCUT2D eigenvalue weighted by Gasteiger charge is -2.18. The molecule has 0 aliphatic rings. The first-order valence-electron chi connectivity index (χ1n) is 7.93. The van der Waals surface area contributed by atoms with E-state index in [-0.39, 0.29) is 0 Å². The highest BCUT2D eigenvalue weighted by Crippen LogP contribution is 2.30. The van der Waals surface area contributed by atoms with E-state index in [0.29, 0.717) is 11.8 Å². The van der Waals surface area contributed by atoms with E-state index in [1.807, 2.05) is 11.3 Å². The molecule has 1 aromatic rings. The first-order valence-corrected chi connectivity index (χ1v) is 8.75. The van der Waals surface area contributed by atoms with Gasteiger partial charge in [0.25, 0.3) is 0 Å². The van der Waals surface area contributed by atoms with E-state index in [9.17, 15) is 0 Å². The van der Waals surface area contributed by atoms with Crippen molar-refractivity contribution in [1.82, 2.24) is 10.3 Å². The van der Waals surface area contributed by atoms with Crippen molar-refractivity contribution in [1.29, 1.82) is 0 Å². The summed E-state index contributed by atoms with van der Waals surface area (Å²) in [5, 5.41) is 4.66. The molecule has 0 bridgehead atoms. The Morgan fingerprint density at radius 2 is 2.00 bits per heavy atom. The van der Waals surface area contributed by atoms with Gasteiger partial charge in [-0.1, -0.05) is 27.7 Å². The second-order valence-electron chi connectivity index (χ2n) is 6.06. The molecule has 0 aromatic carbocycles. The minimum atomic E-state index is 0.465. The number of hydrogen-bond acceptors (Lipinski definition) is 5. The number of thiazole rings is 1. The summed E-state index contributed by atoms with van der Waals surface area (Å²) in [6, 6.07) is 0. The molecule has 5 heteroatoms. The lowest BCUT2D eigenvalue weighted by molar-refractivity contribution is 0.205. The van der Waals surface area contributed by atoms with Gasteiger partial charge >= 0.3 is 0 Å². The predicted octanol–water partition coefficient (Wildman–Crippen LogP) is 3.48. The van der Waals surface area contributed by atoms with Crippen LogP contribution in [0.25, 0.3) is 0 Å². The summed E-state index contributed by atoms with van der Waals surface area (Å²) in [6.07, 6.45) is 0. The van der Waals surface area contributed by atoms with E-state index in [1.165, 1.54) is 10.6 Å². The molecule has 4 nitrogen and oxygen atoms in total. The number of likely N-dealkylation sites (N-methyl/N-ethyl adjacent to an activating group) is 1. The Morgan fingerprint density at radius 3 is 2.52 bits per heavy atom. The van der Waals surface area contributed by atoms with Crippen LogP contribution in [0, 0.1) is 5.92 Å². The number of hydrogen-bond donors (Lipinski definition) is 1. The summed E-state index contributed by atoms with van der Waals surface area (Å²) < 4.78 is 5.19. The normalized spacial score (nSPS) is 11.6. The van der Waals surface area contributed by atoms with Crippen molar-refractivity contribution in [3.8, 4) is 0 Å². The third-order valence-electron chi connectivity index (χ3n) is 3.32. The Bertz CT molecular complexity index is 404. The van der Waals surface area contributed by atoms with Crippen molar-refractivity contribution >= 4 is 16.5 Å². The maximum Gasteiger partial charge on any atom is 0.185 e. The van der Waals surface area contributed by atoms with Crippen molar-refractivity contribution in [2.24, 2.45) is 5.92 Å². The number of ether oxygens (including phenoxy) is 1. The number of anilines is 1. The second-order valence-corrected chi connectivity index (χ2v) is 7.12. The van der Waals surface area contributed by atoms with E-state index in [0.717, 1.165) is 37.9 Å². The van der Waals surface area contributed by atoms with Gasteiger partial charge in [-0.25, -0.2) is 4.98 Å². The summed E-state index contributed by atoms with van der Waals surface area (Å²) in [7, 11) is 1.75. The lowest BCUT2D eigenvalue weighted by atomic mass is 10.1. The Labute approximate surface area is 133 Å². The quantitative estimate of drug-likeness (QED) is 0.717. The van der Waals surface area contributed by atoms with Gasteiger partial charge in [-0.3, -0.25) is 0 Å². The molecule has 0 fully saturated rings. The molecule has 122 valence electrons. The average molecular weight is 314 g/mol. The highest BCUT2D eigenvalue weighted by atomic mass is 32.1. The van der Waals surface area contributed by atoms with Gasteiger partial charge in [0.1, 0.15) is 0 Å². The maximum atomic E-state index is 5.19. The average Bonchev–Trinajstić information content (AvgIpc) is 2.83. The number of aromatic nitrogens is 1. The van der Waals surface area contributed by atoms with Crippen LogP contribution in [-0.4, -0.2) is 38.3 Å². The highest BCUT2D eigenvalue weighted by molar-refractivity contribution is 7.15. The van der Waals surface area contributed by atoms with Gasteiger partial charge in [0, 0.05) is 31.6 Å². The van der Waals surface area contributed by atoms with E-state index >= 15 is 0 Å². The van der Waals surface area contributed by atoms with Crippen LogP contribution in [0.1, 0.15) is 51.1 Å². The summed E-state index contributed by atoms with van der Waals surface area (Å²) in [5.74, 6) is 1.14. The Balaban J connectivity index is 2.81. The largest absolute Gasteiger partial charge is 0.383 e. The van der Waals surface area contributed by atoms with E-state index in [1.54, 1.807) is 7.11 Å². The molecular formula is C16H31N3OS. The first kappa shape index (κ1) is 18.4. The van der Waals surface area contributed by atoms with Crippen LogP contribution < -0.4 is 10.2 Å². The van der Waals surface area contributed by atoms with Crippen LogP contribution in [0.2, 0.25) is 0 Å². The van der Waals surface area contributed by atoms with Crippen LogP contribution in [0.3, 0.4) is 0 Å². The molecule has 1 rings (SSSR count). The van der Waals surface area contributed by atoms with Crippen molar-refractivity contribution in [2.75, 3.05) is 38.3 Å². The monoisotopic (exact) mass is 313 g/mol. The maximum absolute atomic E-state index is 5.19. The third-order valence-corrected chi connectivity index (χ3v) is 4.45. The zero-order valence-electron chi connectivity index (χ0n) is 14.4.